The number of nitrogens with zero attached hydrogens (tertiary/aromatic N) is 2. The Bertz CT molecular complexity index is 1480. The predicted octanol–water partition coefficient (Wildman–Crippen LogP) is 3.84. The van der Waals surface area contributed by atoms with Gasteiger partial charge in [-0.1, -0.05) is 29.8 Å². The molecule has 35 heavy (non-hydrogen) atoms. The van der Waals surface area contributed by atoms with Gasteiger partial charge in [0.25, 0.3) is 11.8 Å². The molecule has 0 saturated heterocycles. The summed E-state index contributed by atoms with van der Waals surface area (Å²) in [6.07, 6.45) is 1.30. The van der Waals surface area contributed by atoms with E-state index >= 15 is 0 Å². The first-order valence-corrected chi connectivity index (χ1v) is 11.3. The molecule has 1 heterocycles. The van der Waals surface area contributed by atoms with Crippen LogP contribution in [-0.4, -0.2) is 36.7 Å². The van der Waals surface area contributed by atoms with Crippen molar-refractivity contribution in [3.8, 4) is 5.75 Å². The van der Waals surface area contributed by atoms with Gasteiger partial charge in [-0.25, -0.2) is 4.79 Å². The molecule has 4 N–H and O–H groups in total. The maximum Gasteiger partial charge on any atom is 0.352 e. The summed E-state index contributed by atoms with van der Waals surface area (Å²) in [5, 5.41) is 24.1. The zero-order chi connectivity index (χ0) is 24.9. The molecule has 11 heteroatoms. The van der Waals surface area contributed by atoms with E-state index in [4.69, 9.17) is 11.6 Å². The van der Waals surface area contributed by atoms with E-state index in [-0.39, 0.29) is 34.1 Å². The Hall–Kier alpha value is -4.28. The summed E-state index contributed by atoms with van der Waals surface area (Å²) in [5.41, 5.74) is 2.38. The summed E-state index contributed by atoms with van der Waals surface area (Å²) in [4.78, 5) is 36.9. The molecule has 0 fully saturated rings. The number of carbonyl (C=O) groups excluding carboxylic acids is 2. The molecule has 176 valence electrons. The van der Waals surface area contributed by atoms with Gasteiger partial charge < -0.3 is 20.8 Å². The van der Waals surface area contributed by atoms with Gasteiger partial charge in [0.05, 0.1) is 22.3 Å². The maximum absolute atomic E-state index is 12.7. The van der Waals surface area contributed by atoms with Gasteiger partial charge in [-0.2, -0.15) is 8.75 Å². The van der Waals surface area contributed by atoms with Crippen LogP contribution in [0, 0.1) is 0 Å². The highest BCUT2D eigenvalue weighted by atomic mass is 35.5. The molecule has 3 aromatic carbocycles. The summed E-state index contributed by atoms with van der Waals surface area (Å²) in [5.74, 6) is -2.42. The van der Waals surface area contributed by atoms with Crippen molar-refractivity contribution in [2.24, 2.45) is 0 Å². The van der Waals surface area contributed by atoms with Crippen LogP contribution in [0.4, 0.5) is 0 Å². The molecule has 0 atom stereocenters. The highest BCUT2D eigenvalue weighted by Crippen LogP contribution is 2.20. The van der Waals surface area contributed by atoms with Crippen molar-refractivity contribution in [3.63, 3.8) is 0 Å². The number of fused-ring (bicyclic) bond motifs is 1. The molecule has 0 aliphatic rings. The average molecular weight is 509 g/mol. The third-order valence-electron chi connectivity index (χ3n) is 4.91. The molecule has 2 amide bonds. The lowest BCUT2D eigenvalue weighted by molar-refractivity contribution is -0.132. The molecule has 0 aliphatic heterocycles. The fraction of sp³-hybridized carbons (Fsp3) is 0.0417. The van der Waals surface area contributed by atoms with E-state index in [1.807, 2.05) is 0 Å². The topological polar surface area (TPSA) is 142 Å². The first-order valence-electron chi connectivity index (χ1n) is 10.1. The van der Waals surface area contributed by atoms with Crippen molar-refractivity contribution >= 4 is 58.2 Å². The number of amides is 2. The Morgan fingerprint density at radius 1 is 0.971 bits per heavy atom. The van der Waals surface area contributed by atoms with Gasteiger partial charge in [-0.3, -0.25) is 9.59 Å². The Kier molecular flexibility index (Phi) is 7.04. The van der Waals surface area contributed by atoms with E-state index in [1.54, 1.807) is 30.3 Å². The van der Waals surface area contributed by atoms with E-state index in [0.29, 0.717) is 22.2 Å². The van der Waals surface area contributed by atoms with Crippen LogP contribution in [-0.2, 0) is 11.3 Å². The molecule has 0 aliphatic carbocycles. The Balaban J connectivity index is 1.47. The number of hydrogen-bond donors (Lipinski definition) is 4. The standard InChI is InChI=1S/C24H17ClN4O5S/c25-18-11-15(22(31)26-12-14-2-1-3-16(30)8-14)5-6-17(18)23(32)27-21(24(33)34)10-13-4-7-19-20(9-13)29-35-28-19/h1-11,30H,12H2,(H,26,31)(H,27,32)(H,33,34). The van der Waals surface area contributed by atoms with E-state index in [9.17, 15) is 24.6 Å². The number of aromatic nitrogens is 2. The fourth-order valence-electron chi connectivity index (χ4n) is 3.19. The van der Waals surface area contributed by atoms with Crippen LogP contribution in [0.5, 0.6) is 5.75 Å². The number of rotatable bonds is 7. The number of halogens is 1. The van der Waals surface area contributed by atoms with Crippen LogP contribution in [0.3, 0.4) is 0 Å². The number of benzene rings is 3. The molecule has 1 aromatic heterocycles. The monoisotopic (exact) mass is 508 g/mol. The third-order valence-corrected chi connectivity index (χ3v) is 5.78. The zero-order valence-electron chi connectivity index (χ0n) is 17.9. The lowest BCUT2D eigenvalue weighted by Gasteiger charge is -2.10. The number of aromatic hydroxyl groups is 1. The largest absolute Gasteiger partial charge is 0.508 e. The third kappa shape index (κ3) is 5.81. The molecule has 0 radical (unpaired) electrons. The summed E-state index contributed by atoms with van der Waals surface area (Å²) >= 11 is 7.27. The SMILES string of the molecule is O=C(O)C(=Cc1ccc2nsnc2c1)NC(=O)c1ccc(C(=O)NCc2cccc(O)c2)cc1Cl. The number of nitrogens with one attached hydrogen (secondary N) is 2. The van der Waals surface area contributed by atoms with Crippen molar-refractivity contribution < 1.29 is 24.6 Å². The van der Waals surface area contributed by atoms with Gasteiger partial charge in [0.2, 0.25) is 0 Å². The van der Waals surface area contributed by atoms with Gasteiger partial charge in [-0.05, 0) is 59.7 Å². The fourth-order valence-corrected chi connectivity index (χ4v) is 3.97. The summed E-state index contributed by atoms with van der Waals surface area (Å²) in [6, 6.07) is 15.6. The number of aliphatic carboxylic acids is 1. The minimum absolute atomic E-state index is 0.00232. The molecular weight excluding hydrogens is 492 g/mol. The Labute approximate surface area is 208 Å². The minimum Gasteiger partial charge on any atom is -0.508 e. The van der Waals surface area contributed by atoms with Gasteiger partial charge in [0, 0.05) is 12.1 Å². The van der Waals surface area contributed by atoms with Crippen molar-refractivity contribution in [2.45, 2.75) is 6.54 Å². The second-order valence-electron chi connectivity index (χ2n) is 7.38. The van der Waals surface area contributed by atoms with Crippen LogP contribution < -0.4 is 10.6 Å². The quantitative estimate of drug-likeness (QED) is 0.278. The number of phenolic OH excluding ortho intramolecular Hbond substituents is 1. The number of carboxylic acids is 1. The maximum atomic E-state index is 12.7. The molecular formula is C24H17ClN4O5S. The van der Waals surface area contributed by atoms with Crippen LogP contribution in [0.1, 0.15) is 31.8 Å². The molecule has 0 bridgehead atoms. The number of phenols is 1. The van der Waals surface area contributed by atoms with Crippen LogP contribution in [0.2, 0.25) is 5.02 Å². The van der Waals surface area contributed by atoms with Crippen molar-refractivity contribution in [1.29, 1.82) is 0 Å². The van der Waals surface area contributed by atoms with Gasteiger partial charge in [0.15, 0.2) is 0 Å². The minimum atomic E-state index is -1.34. The Morgan fingerprint density at radius 2 is 1.77 bits per heavy atom. The molecule has 0 saturated carbocycles. The van der Waals surface area contributed by atoms with Crippen molar-refractivity contribution in [2.75, 3.05) is 0 Å². The summed E-state index contributed by atoms with van der Waals surface area (Å²) in [6.45, 7) is 0.183. The smallest absolute Gasteiger partial charge is 0.352 e. The van der Waals surface area contributed by atoms with Crippen molar-refractivity contribution in [1.82, 2.24) is 19.4 Å². The Morgan fingerprint density at radius 3 is 2.51 bits per heavy atom. The second-order valence-corrected chi connectivity index (χ2v) is 8.31. The predicted molar refractivity (Wildman–Crippen MR) is 131 cm³/mol. The van der Waals surface area contributed by atoms with E-state index in [2.05, 4.69) is 19.4 Å². The van der Waals surface area contributed by atoms with Crippen LogP contribution >= 0.6 is 23.3 Å². The number of carbonyl (C=O) groups is 3. The zero-order valence-corrected chi connectivity index (χ0v) is 19.4. The van der Waals surface area contributed by atoms with E-state index in [1.165, 1.54) is 36.4 Å². The normalized spacial score (nSPS) is 11.3. The number of hydrogen-bond acceptors (Lipinski definition) is 7. The van der Waals surface area contributed by atoms with Crippen molar-refractivity contribution in [3.05, 3.63) is 93.6 Å². The van der Waals surface area contributed by atoms with Gasteiger partial charge in [-0.15, -0.1) is 0 Å². The summed E-state index contributed by atoms with van der Waals surface area (Å²) in [7, 11) is 0. The van der Waals surface area contributed by atoms with Gasteiger partial charge >= 0.3 is 5.97 Å². The lowest BCUT2D eigenvalue weighted by atomic mass is 10.1. The molecule has 0 unspecified atom stereocenters. The molecule has 4 rings (SSSR count). The van der Waals surface area contributed by atoms with Crippen LogP contribution in [0.25, 0.3) is 17.1 Å². The second kappa shape index (κ2) is 10.3. The van der Waals surface area contributed by atoms with Crippen LogP contribution in [0.15, 0.2) is 66.4 Å². The molecule has 0 spiro atoms. The molecule has 4 aromatic rings. The number of carboxylic acid groups (broad SMARTS) is 1. The highest BCUT2D eigenvalue weighted by molar-refractivity contribution is 7.00. The highest BCUT2D eigenvalue weighted by Gasteiger charge is 2.18. The van der Waals surface area contributed by atoms with Gasteiger partial charge in [0.1, 0.15) is 22.5 Å². The van der Waals surface area contributed by atoms with E-state index in [0.717, 1.165) is 11.7 Å². The summed E-state index contributed by atoms with van der Waals surface area (Å²) < 4.78 is 8.21. The van der Waals surface area contributed by atoms with E-state index < -0.39 is 17.8 Å². The average Bonchev–Trinajstić information content (AvgIpc) is 3.30. The molecule has 9 nitrogen and oxygen atoms in total. The first-order chi connectivity index (χ1) is 16.8. The lowest BCUT2D eigenvalue weighted by Crippen LogP contribution is -2.28. The first kappa shape index (κ1) is 23.9.